The summed E-state index contributed by atoms with van der Waals surface area (Å²) >= 11 is 5.30. The predicted octanol–water partition coefficient (Wildman–Crippen LogP) is 4.19. The lowest BCUT2D eigenvalue weighted by Crippen LogP contribution is -2.11. The van der Waals surface area contributed by atoms with Crippen molar-refractivity contribution in [3.05, 3.63) is 46.6 Å². The molecule has 21 heavy (non-hydrogen) atoms. The van der Waals surface area contributed by atoms with Crippen LogP contribution in [0, 0.1) is 4.64 Å². The maximum absolute atomic E-state index is 5.30. The van der Waals surface area contributed by atoms with E-state index in [-0.39, 0.29) is 0 Å². The number of hydrogen-bond donors (Lipinski definition) is 2. The second kappa shape index (κ2) is 6.80. The number of rotatable bonds is 4. The first-order valence-corrected chi connectivity index (χ1v) is 7.96. The average Bonchev–Trinajstić information content (AvgIpc) is 2.54. The Morgan fingerprint density at radius 3 is 2.90 bits per heavy atom. The van der Waals surface area contributed by atoms with Crippen molar-refractivity contribution in [2.45, 2.75) is 44.6 Å². The van der Waals surface area contributed by atoms with Crippen LogP contribution in [0.3, 0.4) is 0 Å². The molecule has 0 unspecified atom stereocenters. The van der Waals surface area contributed by atoms with Gasteiger partial charge >= 0.3 is 0 Å². The SMILES string of the molecule is S=c1cc(NCc2cccnc2)[nH]c(C2CCCCC2)n1. The average molecular weight is 300 g/mol. The molecule has 0 bridgehead atoms. The third kappa shape index (κ3) is 3.88. The van der Waals surface area contributed by atoms with Gasteiger partial charge in [0, 0.05) is 30.9 Å². The van der Waals surface area contributed by atoms with Crippen LogP contribution < -0.4 is 5.32 Å². The highest BCUT2D eigenvalue weighted by Crippen LogP contribution is 2.30. The first-order chi connectivity index (χ1) is 10.3. The Morgan fingerprint density at radius 2 is 2.14 bits per heavy atom. The van der Waals surface area contributed by atoms with E-state index in [1.807, 2.05) is 18.3 Å². The van der Waals surface area contributed by atoms with Crippen molar-refractivity contribution in [2.24, 2.45) is 0 Å². The molecule has 2 heterocycles. The molecule has 0 saturated heterocycles. The Morgan fingerprint density at radius 1 is 1.29 bits per heavy atom. The van der Waals surface area contributed by atoms with E-state index in [9.17, 15) is 0 Å². The third-order valence-corrected chi connectivity index (χ3v) is 4.17. The summed E-state index contributed by atoms with van der Waals surface area (Å²) in [6.07, 6.45) is 10.0. The van der Waals surface area contributed by atoms with E-state index in [4.69, 9.17) is 12.2 Å². The number of hydrogen-bond acceptors (Lipinski definition) is 4. The van der Waals surface area contributed by atoms with Crippen LogP contribution in [0.5, 0.6) is 0 Å². The first kappa shape index (κ1) is 14.2. The molecule has 0 radical (unpaired) electrons. The van der Waals surface area contributed by atoms with Crippen LogP contribution in [0.2, 0.25) is 0 Å². The van der Waals surface area contributed by atoms with Gasteiger partial charge in [0.1, 0.15) is 16.3 Å². The molecule has 2 aromatic rings. The van der Waals surface area contributed by atoms with Crippen molar-refractivity contribution in [1.29, 1.82) is 0 Å². The molecule has 2 aromatic heterocycles. The van der Waals surface area contributed by atoms with E-state index in [0.717, 1.165) is 23.8 Å². The number of anilines is 1. The fourth-order valence-corrected chi connectivity index (χ4v) is 3.06. The van der Waals surface area contributed by atoms with Gasteiger partial charge in [0.15, 0.2) is 0 Å². The smallest absolute Gasteiger partial charge is 0.131 e. The Labute approximate surface area is 130 Å². The molecular weight excluding hydrogens is 280 g/mol. The van der Waals surface area contributed by atoms with Gasteiger partial charge in [0.2, 0.25) is 0 Å². The highest BCUT2D eigenvalue weighted by molar-refractivity contribution is 7.71. The van der Waals surface area contributed by atoms with E-state index in [2.05, 4.69) is 26.3 Å². The summed E-state index contributed by atoms with van der Waals surface area (Å²) in [5.74, 6) is 2.51. The molecule has 5 heteroatoms. The van der Waals surface area contributed by atoms with E-state index in [0.29, 0.717) is 10.6 Å². The maximum Gasteiger partial charge on any atom is 0.131 e. The van der Waals surface area contributed by atoms with Crippen LogP contribution in [-0.2, 0) is 6.54 Å². The molecule has 3 rings (SSSR count). The standard InChI is InChI=1S/C16H20N4S/c21-15-9-14(18-11-12-5-4-8-17-10-12)19-16(20-15)13-6-2-1-3-7-13/h4-5,8-10,13H,1-3,6-7,11H2,(H2,18,19,20,21). The van der Waals surface area contributed by atoms with Gasteiger partial charge in [0.25, 0.3) is 0 Å². The molecule has 4 nitrogen and oxygen atoms in total. The number of nitrogens with zero attached hydrogens (tertiary/aromatic N) is 2. The minimum absolute atomic E-state index is 0.528. The van der Waals surface area contributed by atoms with Crippen LogP contribution in [0.4, 0.5) is 5.82 Å². The maximum atomic E-state index is 5.30. The van der Waals surface area contributed by atoms with Gasteiger partial charge in [-0.3, -0.25) is 4.98 Å². The number of pyridine rings is 1. The molecule has 1 fully saturated rings. The van der Waals surface area contributed by atoms with Crippen LogP contribution in [-0.4, -0.2) is 15.0 Å². The molecule has 0 aromatic carbocycles. The van der Waals surface area contributed by atoms with Gasteiger partial charge in [-0.2, -0.15) is 0 Å². The Kier molecular flexibility index (Phi) is 4.60. The zero-order valence-corrected chi connectivity index (χ0v) is 12.8. The fourth-order valence-electron chi connectivity index (χ4n) is 2.84. The van der Waals surface area contributed by atoms with Crippen LogP contribution in [0.15, 0.2) is 30.6 Å². The number of aromatic amines is 1. The summed E-state index contributed by atoms with van der Waals surface area (Å²) in [5, 5.41) is 3.38. The van der Waals surface area contributed by atoms with Crippen molar-refractivity contribution in [3.8, 4) is 0 Å². The molecule has 0 aliphatic heterocycles. The Balaban J connectivity index is 1.73. The molecule has 2 N–H and O–H groups in total. The van der Waals surface area contributed by atoms with Gasteiger partial charge in [-0.25, -0.2) is 4.98 Å². The van der Waals surface area contributed by atoms with E-state index in [1.165, 1.54) is 32.1 Å². The van der Waals surface area contributed by atoms with Crippen molar-refractivity contribution < 1.29 is 0 Å². The van der Waals surface area contributed by atoms with E-state index < -0.39 is 0 Å². The summed E-state index contributed by atoms with van der Waals surface area (Å²) < 4.78 is 0.656. The van der Waals surface area contributed by atoms with Gasteiger partial charge in [-0.1, -0.05) is 37.5 Å². The van der Waals surface area contributed by atoms with Gasteiger partial charge < -0.3 is 10.3 Å². The van der Waals surface area contributed by atoms with Crippen molar-refractivity contribution in [1.82, 2.24) is 15.0 Å². The van der Waals surface area contributed by atoms with Gasteiger partial charge in [0.05, 0.1) is 0 Å². The summed E-state index contributed by atoms with van der Waals surface area (Å²) in [4.78, 5) is 12.1. The summed E-state index contributed by atoms with van der Waals surface area (Å²) in [6, 6.07) is 5.88. The zero-order chi connectivity index (χ0) is 14.5. The fraction of sp³-hybridized carbons (Fsp3) is 0.438. The summed E-state index contributed by atoms with van der Waals surface area (Å²) in [7, 11) is 0. The monoisotopic (exact) mass is 300 g/mol. The highest BCUT2D eigenvalue weighted by Gasteiger charge is 2.17. The number of aromatic nitrogens is 3. The van der Waals surface area contributed by atoms with E-state index >= 15 is 0 Å². The quantitative estimate of drug-likeness (QED) is 0.831. The predicted molar refractivity (Wildman–Crippen MR) is 86.8 cm³/mol. The number of nitrogens with one attached hydrogen (secondary N) is 2. The second-order valence-corrected chi connectivity index (χ2v) is 5.99. The Hall–Kier alpha value is -1.75. The third-order valence-electron chi connectivity index (χ3n) is 3.96. The second-order valence-electron chi connectivity index (χ2n) is 5.57. The first-order valence-electron chi connectivity index (χ1n) is 7.55. The van der Waals surface area contributed by atoms with Crippen molar-refractivity contribution >= 4 is 18.0 Å². The highest BCUT2D eigenvalue weighted by atomic mass is 32.1. The molecule has 0 atom stereocenters. The minimum Gasteiger partial charge on any atom is -0.367 e. The lowest BCUT2D eigenvalue weighted by atomic mass is 9.89. The number of H-pyrrole nitrogens is 1. The van der Waals surface area contributed by atoms with Crippen molar-refractivity contribution in [2.75, 3.05) is 5.32 Å². The molecule has 0 spiro atoms. The lowest BCUT2D eigenvalue weighted by molar-refractivity contribution is 0.428. The zero-order valence-electron chi connectivity index (χ0n) is 12.0. The minimum atomic E-state index is 0.528. The summed E-state index contributed by atoms with van der Waals surface area (Å²) in [5.41, 5.74) is 1.15. The summed E-state index contributed by atoms with van der Waals surface area (Å²) in [6.45, 7) is 0.729. The molecule has 110 valence electrons. The normalized spacial score (nSPS) is 15.8. The van der Waals surface area contributed by atoms with Gasteiger partial charge in [-0.05, 0) is 24.5 Å². The van der Waals surface area contributed by atoms with Crippen LogP contribution in [0.25, 0.3) is 0 Å². The van der Waals surface area contributed by atoms with Gasteiger partial charge in [-0.15, -0.1) is 0 Å². The molecule has 1 aliphatic rings. The van der Waals surface area contributed by atoms with Crippen molar-refractivity contribution in [3.63, 3.8) is 0 Å². The molecular formula is C16H20N4S. The molecule has 1 aliphatic carbocycles. The van der Waals surface area contributed by atoms with Crippen LogP contribution >= 0.6 is 12.2 Å². The lowest BCUT2D eigenvalue weighted by Gasteiger charge is -2.21. The Bertz CT molecular complexity index is 632. The largest absolute Gasteiger partial charge is 0.367 e. The molecule has 0 amide bonds. The van der Waals surface area contributed by atoms with E-state index in [1.54, 1.807) is 6.20 Å². The van der Waals surface area contributed by atoms with Crippen LogP contribution in [0.1, 0.15) is 49.4 Å². The topological polar surface area (TPSA) is 53.6 Å². The molecule has 1 saturated carbocycles.